The first-order valence-corrected chi connectivity index (χ1v) is 5.29. The van der Waals surface area contributed by atoms with Crippen molar-refractivity contribution in [3.8, 4) is 0 Å². The van der Waals surface area contributed by atoms with Crippen LogP contribution < -0.4 is 0 Å². The molecule has 0 saturated carbocycles. The van der Waals surface area contributed by atoms with Crippen molar-refractivity contribution in [3.05, 3.63) is 35.0 Å². The molecule has 0 radical (unpaired) electrons. The minimum Gasteiger partial charge on any atom is -0.207 e. The Kier molecular flexibility index (Phi) is 2.32. The van der Waals surface area contributed by atoms with Crippen molar-refractivity contribution in [2.45, 2.75) is 19.8 Å². The van der Waals surface area contributed by atoms with Gasteiger partial charge in [0.1, 0.15) is 5.82 Å². The molecule has 0 saturated heterocycles. The van der Waals surface area contributed by atoms with E-state index in [1.165, 1.54) is 15.6 Å². The van der Waals surface area contributed by atoms with E-state index >= 15 is 0 Å². The molecule has 0 fully saturated rings. The minimum absolute atomic E-state index is 0.145. The van der Waals surface area contributed by atoms with Crippen LogP contribution in [-0.4, -0.2) is 0 Å². The molecular weight excluding hydrogens is 183 g/mol. The maximum atomic E-state index is 12.8. The second-order valence-corrected chi connectivity index (χ2v) is 4.31. The van der Waals surface area contributed by atoms with E-state index in [4.69, 9.17) is 0 Å². The van der Waals surface area contributed by atoms with Crippen LogP contribution in [0, 0.1) is 5.82 Å². The average Bonchev–Trinajstić information content (AvgIpc) is 2.46. The fourth-order valence-corrected chi connectivity index (χ4v) is 2.59. The molecule has 1 heterocycles. The lowest BCUT2D eigenvalue weighted by atomic mass is 10.2. The van der Waals surface area contributed by atoms with Crippen molar-refractivity contribution < 1.29 is 4.39 Å². The second-order valence-electron chi connectivity index (χ2n) is 3.14. The second kappa shape index (κ2) is 3.46. The molecule has 2 aromatic rings. The van der Waals surface area contributed by atoms with Gasteiger partial charge in [0, 0.05) is 9.58 Å². The Morgan fingerprint density at radius 3 is 2.92 bits per heavy atom. The maximum absolute atomic E-state index is 12.8. The minimum atomic E-state index is -0.145. The van der Waals surface area contributed by atoms with Gasteiger partial charge in [-0.15, -0.1) is 11.3 Å². The molecule has 0 atom stereocenters. The van der Waals surface area contributed by atoms with Crippen LogP contribution in [0.1, 0.15) is 18.2 Å². The van der Waals surface area contributed by atoms with E-state index in [-0.39, 0.29) is 5.82 Å². The lowest BCUT2D eigenvalue weighted by molar-refractivity contribution is 0.630. The molecule has 0 bridgehead atoms. The number of benzene rings is 1. The van der Waals surface area contributed by atoms with Gasteiger partial charge in [-0.25, -0.2) is 4.39 Å². The van der Waals surface area contributed by atoms with Crippen LogP contribution in [0.2, 0.25) is 0 Å². The quantitative estimate of drug-likeness (QED) is 0.678. The van der Waals surface area contributed by atoms with Crippen LogP contribution in [0.15, 0.2) is 24.3 Å². The predicted molar refractivity (Wildman–Crippen MR) is 55.8 cm³/mol. The molecule has 0 aliphatic rings. The van der Waals surface area contributed by atoms with E-state index in [1.54, 1.807) is 17.4 Å². The molecule has 2 heteroatoms. The Hall–Kier alpha value is -0.890. The Morgan fingerprint density at radius 2 is 2.15 bits per heavy atom. The first kappa shape index (κ1) is 8.70. The molecule has 68 valence electrons. The summed E-state index contributed by atoms with van der Waals surface area (Å²) in [5.41, 5.74) is 0. The number of thiophene rings is 1. The summed E-state index contributed by atoms with van der Waals surface area (Å²) in [6, 6.07) is 7.07. The van der Waals surface area contributed by atoms with E-state index in [0.717, 1.165) is 18.2 Å². The summed E-state index contributed by atoms with van der Waals surface area (Å²) in [6.07, 6.45) is 2.25. The third kappa shape index (κ3) is 1.73. The van der Waals surface area contributed by atoms with Crippen LogP contribution in [0.4, 0.5) is 4.39 Å². The Balaban J connectivity index is 2.49. The third-order valence-electron chi connectivity index (χ3n) is 2.03. The van der Waals surface area contributed by atoms with Crippen molar-refractivity contribution >= 4 is 21.4 Å². The molecule has 0 spiro atoms. The van der Waals surface area contributed by atoms with Gasteiger partial charge in [0.2, 0.25) is 0 Å². The van der Waals surface area contributed by atoms with Crippen molar-refractivity contribution in [2.75, 3.05) is 0 Å². The van der Waals surface area contributed by atoms with Gasteiger partial charge < -0.3 is 0 Å². The molecule has 0 amide bonds. The average molecular weight is 194 g/mol. The zero-order valence-corrected chi connectivity index (χ0v) is 8.33. The van der Waals surface area contributed by atoms with Crippen molar-refractivity contribution in [1.82, 2.24) is 0 Å². The van der Waals surface area contributed by atoms with Crippen LogP contribution in [0.25, 0.3) is 10.1 Å². The van der Waals surface area contributed by atoms with Crippen molar-refractivity contribution in [1.29, 1.82) is 0 Å². The Bertz CT molecular complexity index is 417. The highest BCUT2D eigenvalue weighted by Gasteiger charge is 2.01. The topological polar surface area (TPSA) is 0 Å². The molecular formula is C11H11FS. The van der Waals surface area contributed by atoms with E-state index in [1.807, 2.05) is 6.07 Å². The lowest BCUT2D eigenvalue weighted by Crippen LogP contribution is -1.72. The van der Waals surface area contributed by atoms with Gasteiger partial charge in [-0.1, -0.05) is 13.3 Å². The fourth-order valence-electron chi connectivity index (χ4n) is 1.44. The highest BCUT2D eigenvalue weighted by Crippen LogP contribution is 2.26. The summed E-state index contributed by atoms with van der Waals surface area (Å²) in [5.74, 6) is -0.145. The van der Waals surface area contributed by atoms with Gasteiger partial charge in [-0.3, -0.25) is 0 Å². The fraction of sp³-hybridized carbons (Fsp3) is 0.273. The van der Waals surface area contributed by atoms with E-state index in [2.05, 4.69) is 13.0 Å². The third-order valence-corrected chi connectivity index (χ3v) is 3.20. The maximum Gasteiger partial charge on any atom is 0.123 e. The largest absolute Gasteiger partial charge is 0.207 e. The van der Waals surface area contributed by atoms with Gasteiger partial charge in [0.05, 0.1) is 0 Å². The van der Waals surface area contributed by atoms with Gasteiger partial charge >= 0.3 is 0 Å². The standard InChI is InChI=1S/C11H11FS/c1-2-3-10-7-8-6-9(12)4-5-11(8)13-10/h4-7H,2-3H2,1H3. The number of halogens is 1. The van der Waals surface area contributed by atoms with Gasteiger partial charge in [0.15, 0.2) is 0 Å². The number of hydrogen-bond acceptors (Lipinski definition) is 1. The van der Waals surface area contributed by atoms with Crippen molar-refractivity contribution in [3.63, 3.8) is 0 Å². The number of fused-ring (bicyclic) bond motifs is 1. The van der Waals surface area contributed by atoms with Gasteiger partial charge in [-0.2, -0.15) is 0 Å². The highest BCUT2D eigenvalue weighted by molar-refractivity contribution is 7.19. The monoisotopic (exact) mass is 194 g/mol. The van der Waals surface area contributed by atoms with E-state index in [9.17, 15) is 4.39 Å². The molecule has 1 aromatic carbocycles. The first-order valence-electron chi connectivity index (χ1n) is 4.47. The number of rotatable bonds is 2. The summed E-state index contributed by atoms with van der Waals surface area (Å²) < 4.78 is 14.0. The van der Waals surface area contributed by atoms with Crippen LogP contribution in [0.5, 0.6) is 0 Å². The summed E-state index contributed by atoms with van der Waals surface area (Å²) >= 11 is 1.76. The van der Waals surface area contributed by atoms with Gasteiger partial charge in [0.25, 0.3) is 0 Å². The Labute approximate surface area is 81.0 Å². The Morgan fingerprint density at radius 1 is 1.31 bits per heavy atom. The predicted octanol–water partition coefficient (Wildman–Crippen LogP) is 3.99. The van der Waals surface area contributed by atoms with E-state index in [0.29, 0.717) is 0 Å². The number of aryl methyl sites for hydroxylation is 1. The molecule has 0 aliphatic carbocycles. The lowest BCUT2D eigenvalue weighted by Gasteiger charge is -1.86. The molecule has 2 rings (SSSR count). The normalized spacial score (nSPS) is 10.9. The van der Waals surface area contributed by atoms with Crippen LogP contribution in [0.3, 0.4) is 0 Å². The zero-order valence-electron chi connectivity index (χ0n) is 7.51. The molecule has 0 aliphatic heterocycles. The van der Waals surface area contributed by atoms with Gasteiger partial charge in [-0.05, 0) is 36.1 Å². The van der Waals surface area contributed by atoms with Crippen LogP contribution >= 0.6 is 11.3 Å². The SMILES string of the molecule is CCCc1cc2cc(F)ccc2s1. The smallest absolute Gasteiger partial charge is 0.123 e. The summed E-state index contributed by atoms with van der Waals surface area (Å²) in [5, 5.41) is 1.04. The molecule has 0 nitrogen and oxygen atoms in total. The number of hydrogen-bond donors (Lipinski definition) is 0. The van der Waals surface area contributed by atoms with Crippen LogP contribution in [-0.2, 0) is 6.42 Å². The zero-order chi connectivity index (χ0) is 9.26. The van der Waals surface area contributed by atoms with E-state index < -0.39 is 0 Å². The summed E-state index contributed by atoms with van der Waals surface area (Å²) in [7, 11) is 0. The summed E-state index contributed by atoms with van der Waals surface area (Å²) in [6.45, 7) is 2.16. The molecule has 0 unspecified atom stereocenters. The molecule has 1 aromatic heterocycles. The van der Waals surface area contributed by atoms with Crippen molar-refractivity contribution in [2.24, 2.45) is 0 Å². The molecule has 13 heavy (non-hydrogen) atoms. The first-order chi connectivity index (χ1) is 6.29. The summed E-state index contributed by atoms with van der Waals surface area (Å²) in [4.78, 5) is 1.35. The molecule has 0 N–H and O–H groups in total. The highest BCUT2D eigenvalue weighted by atomic mass is 32.1.